The quantitative estimate of drug-likeness (QED) is 0.758. The molecule has 0 radical (unpaired) electrons. The van der Waals surface area contributed by atoms with Crippen molar-refractivity contribution in [1.82, 2.24) is 10.2 Å². The molecule has 0 aliphatic rings. The van der Waals surface area contributed by atoms with Crippen molar-refractivity contribution in [2.75, 3.05) is 26.7 Å². The minimum absolute atomic E-state index is 0.362. The zero-order valence-corrected chi connectivity index (χ0v) is 13.3. The minimum atomic E-state index is 0.362. The molecule has 0 atom stereocenters. The summed E-state index contributed by atoms with van der Waals surface area (Å²) in [5, 5.41) is 3.36. The molecule has 0 bridgehead atoms. The summed E-state index contributed by atoms with van der Waals surface area (Å²) in [4.78, 5) is 2.40. The van der Waals surface area contributed by atoms with Crippen LogP contribution in [0.15, 0.2) is 24.3 Å². The SMILES string of the molecule is CCNCCc1ccc(CN(C)CC(C)(C)C)cc1. The van der Waals surface area contributed by atoms with Gasteiger partial charge in [-0.05, 0) is 43.1 Å². The highest BCUT2D eigenvalue weighted by molar-refractivity contribution is 5.22. The molecule has 0 amide bonds. The second kappa shape index (κ2) is 7.66. The second-order valence-electron chi connectivity index (χ2n) is 6.65. The van der Waals surface area contributed by atoms with Gasteiger partial charge in [0.15, 0.2) is 0 Å². The van der Waals surface area contributed by atoms with Crippen molar-refractivity contribution in [3.63, 3.8) is 0 Å². The van der Waals surface area contributed by atoms with Crippen LogP contribution in [0.3, 0.4) is 0 Å². The highest BCUT2D eigenvalue weighted by Gasteiger charge is 2.13. The number of hydrogen-bond acceptors (Lipinski definition) is 2. The second-order valence-corrected chi connectivity index (χ2v) is 6.65. The van der Waals surface area contributed by atoms with Gasteiger partial charge in [-0.25, -0.2) is 0 Å². The fourth-order valence-electron chi connectivity index (χ4n) is 2.40. The average Bonchev–Trinajstić information content (AvgIpc) is 2.29. The average molecular weight is 262 g/mol. The van der Waals surface area contributed by atoms with E-state index in [2.05, 4.69) is 69.2 Å². The first-order valence-corrected chi connectivity index (χ1v) is 7.38. The zero-order valence-electron chi connectivity index (χ0n) is 13.3. The Kier molecular flexibility index (Phi) is 6.53. The van der Waals surface area contributed by atoms with Crippen LogP contribution in [-0.4, -0.2) is 31.6 Å². The molecule has 0 aliphatic carbocycles. The first-order valence-electron chi connectivity index (χ1n) is 7.38. The monoisotopic (exact) mass is 262 g/mol. The van der Waals surface area contributed by atoms with E-state index >= 15 is 0 Å². The zero-order chi connectivity index (χ0) is 14.3. The molecule has 0 saturated heterocycles. The van der Waals surface area contributed by atoms with Crippen LogP contribution in [0.2, 0.25) is 0 Å². The summed E-state index contributed by atoms with van der Waals surface area (Å²) in [5.41, 5.74) is 3.18. The van der Waals surface area contributed by atoms with E-state index in [0.717, 1.165) is 32.6 Å². The largest absolute Gasteiger partial charge is 0.317 e. The fourth-order valence-corrected chi connectivity index (χ4v) is 2.40. The molecule has 0 spiro atoms. The number of hydrogen-bond donors (Lipinski definition) is 1. The number of benzene rings is 1. The van der Waals surface area contributed by atoms with Gasteiger partial charge in [0.1, 0.15) is 0 Å². The molecule has 1 aromatic carbocycles. The van der Waals surface area contributed by atoms with E-state index in [1.165, 1.54) is 11.1 Å². The summed E-state index contributed by atoms with van der Waals surface area (Å²) in [6, 6.07) is 9.05. The van der Waals surface area contributed by atoms with Crippen molar-refractivity contribution in [1.29, 1.82) is 0 Å². The van der Waals surface area contributed by atoms with Crippen molar-refractivity contribution >= 4 is 0 Å². The van der Waals surface area contributed by atoms with Gasteiger partial charge < -0.3 is 10.2 Å². The van der Waals surface area contributed by atoms with Crippen molar-refractivity contribution < 1.29 is 0 Å². The lowest BCUT2D eigenvalue weighted by Gasteiger charge is -2.26. The molecule has 2 heteroatoms. The summed E-state index contributed by atoms with van der Waals surface area (Å²) in [6.07, 6.45) is 1.12. The molecule has 2 nitrogen and oxygen atoms in total. The van der Waals surface area contributed by atoms with E-state index in [0.29, 0.717) is 5.41 Å². The molecule has 0 aliphatic heterocycles. The smallest absolute Gasteiger partial charge is 0.0230 e. The summed E-state index contributed by atoms with van der Waals surface area (Å²) < 4.78 is 0. The predicted molar refractivity (Wildman–Crippen MR) is 84.5 cm³/mol. The molecule has 0 heterocycles. The van der Waals surface area contributed by atoms with E-state index in [1.54, 1.807) is 0 Å². The van der Waals surface area contributed by atoms with Gasteiger partial charge in [0.25, 0.3) is 0 Å². The van der Waals surface area contributed by atoms with E-state index in [4.69, 9.17) is 0 Å². The van der Waals surface area contributed by atoms with Crippen molar-refractivity contribution in [2.45, 2.75) is 40.7 Å². The Morgan fingerprint density at radius 3 is 2.16 bits per heavy atom. The van der Waals surface area contributed by atoms with Crippen LogP contribution in [0, 0.1) is 5.41 Å². The maximum absolute atomic E-state index is 3.36. The summed E-state index contributed by atoms with van der Waals surface area (Å²) >= 11 is 0. The maximum Gasteiger partial charge on any atom is 0.0230 e. The maximum atomic E-state index is 3.36. The molecule has 0 aromatic heterocycles. The third kappa shape index (κ3) is 7.34. The lowest BCUT2D eigenvalue weighted by atomic mass is 9.96. The van der Waals surface area contributed by atoms with Gasteiger partial charge in [-0.3, -0.25) is 0 Å². The first-order chi connectivity index (χ1) is 8.90. The standard InChI is InChI=1S/C17H30N2/c1-6-18-12-11-15-7-9-16(10-8-15)13-19(5)14-17(2,3)4/h7-10,18H,6,11-14H2,1-5H3. The summed E-state index contributed by atoms with van der Waals surface area (Å²) in [5.74, 6) is 0. The number of nitrogens with one attached hydrogen (secondary N) is 1. The Hall–Kier alpha value is -0.860. The molecular formula is C17H30N2. The molecular weight excluding hydrogens is 232 g/mol. The molecule has 1 N–H and O–H groups in total. The fraction of sp³-hybridized carbons (Fsp3) is 0.647. The lowest BCUT2D eigenvalue weighted by molar-refractivity contribution is 0.221. The van der Waals surface area contributed by atoms with Gasteiger partial charge in [0.05, 0.1) is 0 Å². The Bertz CT molecular complexity index is 349. The van der Waals surface area contributed by atoms with Gasteiger partial charge in [0.2, 0.25) is 0 Å². The van der Waals surface area contributed by atoms with Crippen LogP contribution >= 0.6 is 0 Å². The van der Waals surface area contributed by atoms with E-state index < -0.39 is 0 Å². The molecule has 0 unspecified atom stereocenters. The van der Waals surface area contributed by atoms with Crippen LogP contribution < -0.4 is 5.32 Å². The summed E-state index contributed by atoms with van der Waals surface area (Å²) in [6.45, 7) is 13.3. The van der Waals surface area contributed by atoms with Gasteiger partial charge >= 0.3 is 0 Å². The topological polar surface area (TPSA) is 15.3 Å². The van der Waals surface area contributed by atoms with E-state index in [-0.39, 0.29) is 0 Å². The molecule has 0 fully saturated rings. The third-order valence-corrected chi connectivity index (χ3v) is 3.06. The van der Waals surface area contributed by atoms with Crippen molar-refractivity contribution in [3.05, 3.63) is 35.4 Å². The van der Waals surface area contributed by atoms with Crippen LogP contribution in [0.5, 0.6) is 0 Å². The third-order valence-electron chi connectivity index (χ3n) is 3.06. The molecule has 108 valence electrons. The molecule has 19 heavy (non-hydrogen) atoms. The first kappa shape index (κ1) is 16.2. The van der Waals surface area contributed by atoms with Crippen LogP contribution in [0.4, 0.5) is 0 Å². The van der Waals surface area contributed by atoms with E-state index in [1.807, 2.05) is 0 Å². The van der Waals surface area contributed by atoms with Gasteiger partial charge in [-0.1, -0.05) is 52.0 Å². The van der Waals surface area contributed by atoms with E-state index in [9.17, 15) is 0 Å². The molecule has 1 rings (SSSR count). The lowest BCUT2D eigenvalue weighted by Crippen LogP contribution is -2.28. The Morgan fingerprint density at radius 2 is 1.63 bits per heavy atom. The van der Waals surface area contributed by atoms with Crippen molar-refractivity contribution in [2.24, 2.45) is 5.41 Å². The Labute approximate surface area is 119 Å². The van der Waals surface area contributed by atoms with Gasteiger partial charge in [-0.15, -0.1) is 0 Å². The van der Waals surface area contributed by atoms with Crippen LogP contribution in [0.25, 0.3) is 0 Å². The summed E-state index contributed by atoms with van der Waals surface area (Å²) in [7, 11) is 2.20. The Morgan fingerprint density at radius 1 is 1.05 bits per heavy atom. The number of likely N-dealkylation sites (N-methyl/N-ethyl adjacent to an activating group) is 1. The predicted octanol–water partition coefficient (Wildman–Crippen LogP) is 3.32. The number of rotatable bonds is 7. The highest BCUT2D eigenvalue weighted by atomic mass is 15.1. The normalized spacial score (nSPS) is 12.1. The van der Waals surface area contributed by atoms with Crippen LogP contribution in [0.1, 0.15) is 38.8 Å². The van der Waals surface area contributed by atoms with Gasteiger partial charge in [0, 0.05) is 13.1 Å². The Balaban J connectivity index is 2.43. The van der Waals surface area contributed by atoms with Crippen molar-refractivity contribution in [3.8, 4) is 0 Å². The molecule has 0 saturated carbocycles. The molecule has 1 aromatic rings. The number of nitrogens with zero attached hydrogens (tertiary/aromatic N) is 1. The van der Waals surface area contributed by atoms with Gasteiger partial charge in [-0.2, -0.15) is 0 Å². The minimum Gasteiger partial charge on any atom is -0.317 e. The highest BCUT2D eigenvalue weighted by Crippen LogP contribution is 2.16. The van der Waals surface area contributed by atoms with Crippen LogP contribution in [-0.2, 0) is 13.0 Å².